The molecule has 2 fully saturated rings. The Hall–Kier alpha value is -1.34. The summed E-state index contributed by atoms with van der Waals surface area (Å²) in [6, 6.07) is 0. The number of nitrogens with two attached hydrogens (primary N) is 1. The van der Waals surface area contributed by atoms with Crippen molar-refractivity contribution in [2.24, 2.45) is 16.6 Å². The van der Waals surface area contributed by atoms with Crippen molar-refractivity contribution in [2.45, 2.75) is 19.8 Å². The summed E-state index contributed by atoms with van der Waals surface area (Å²) in [6.07, 6.45) is 4.36. The molecule has 3 rings (SSSR count). The molecule has 2 aliphatic rings. The molecule has 2 N–H and O–H groups in total. The maximum atomic E-state index is 6.21. The lowest BCUT2D eigenvalue weighted by atomic mass is 10.1. The van der Waals surface area contributed by atoms with Gasteiger partial charge in [0.15, 0.2) is 11.1 Å². The number of aromatic nitrogens is 1. The molecule has 1 unspecified atom stereocenters. The minimum atomic E-state index is 0.678. The van der Waals surface area contributed by atoms with Gasteiger partial charge in [0.1, 0.15) is 0 Å². The van der Waals surface area contributed by atoms with Crippen LogP contribution in [0, 0.1) is 5.92 Å². The van der Waals surface area contributed by atoms with Crippen LogP contribution in [0.3, 0.4) is 0 Å². The smallest absolute Gasteiger partial charge is 0.191 e. The third-order valence-corrected chi connectivity index (χ3v) is 5.55. The molecule has 0 amide bonds. The van der Waals surface area contributed by atoms with E-state index in [2.05, 4.69) is 31.6 Å². The van der Waals surface area contributed by atoms with Gasteiger partial charge >= 0.3 is 0 Å². The Morgan fingerprint density at radius 3 is 2.87 bits per heavy atom. The van der Waals surface area contributed by atoms with Gasteiger partial charge in [-0.2, -0.15) is 0 Å². The summed E-state index contributed by atoms with van der Waals surface area (Å²) in [5, 5.41) is 3.14. The first-order valence-corrected chi connectivity index (χ1v) is 9.56. The highest BCUT2D eigenvalue weighted by Crippen LogP contribution is 2.19. The van der Waals surface area contributed by atoms with E-state index in [4.69, 9.17) is 5.73 Å². The highest BCUT2D eigenvalue weighted by molar-refractivity contribution is 7.13. The molecule has 0 aromatic carbocycles. The highest BCUT2D eigenvalue weighted by atomic mass is 32.1. The van der Waals surface area contributed by atoms with Crippen LogP contribution in [0.4, 0.5) is 5.13 Å². The molecular formula is C16H28N6S. The van der Waals surface area contributed by atoms with Gasteiger partial charge in [-0.15, -0.1) is 11.3 Å². The van der Waals surface area contributed by atoms with Crippen molar-refractivity contribution in [3.63, 3.8) is 0 Å². The fraction of sp³-hybridized carbons (Fsp3) is 0.750. The average molecular weight is 337 g/mol. The number of aliphatic imine (C=N–C) groups is 1. The van der Waals surface area contributed by atoms with Gasteiger partial charge in [0.05, 0.1) is 0 Å². The van der Waals surface area contributed by atoms with Crippen molar-refractivity contribution < 1.29 is 0 Å². The standard InChI is InChI=1S/C16H28N6S/c1-2-5-20-6-3-14(13-20)12-19-15(17)21-7-9-22(10-8-21)16-18-4-11-23-16/h4,11,14H,2-3,5-10,12-13H2,1H3,(H2,17,19). The second kappa shape index (κ2) is 7.97. The molecule has 0 spiro atoms. The van der Waals surface area contributed by atoms with Crippen molar-refractivity contribution in [2.75, 3.05) is 57.3 Å². The van der Waals surface area contributed by atoms with Gasteiger partial charge in [0, 0.05) is 50.8 Å². The van der Waals surface area contributed by atoms with Crippen molar-refractivity contribution in [3.8, 4) is 0 Å². The fourth-order valence-corrected chi connectivity index (χ4v) is 4.10. The second-order valence-electron chi connectivity index (χ2n) is 6.44. The van der Waals surface area contributed by atoms with Gasteiger partial charge in [-0.3, -0.25) is 4.99 Å². The molecule has 1 aromatic heterocycles. The molecular weight excluding hydrogens is 308 g/mol. The van der Waals surface area contributed by atoms with E-state index in [0.717, 1.165) is 43.8 Å². The summed E-state index contributed by atoms with van der Waals surface area (Å²) >= 11 is 1.70. The highest BCUT2D eigenvalue weighted by Gasteiger charge is 2.23. The molecule has 0 radical (unpaired) electrons. The minimum absolute atomic E-state index is 0.678. The SMILES string of the molecule is CCCN1CCC(CN=C(N)N2CCN(c3nccs3)CC2)C1. The number of piperazine rings is 1. The number of hydrogen-bond donors (Lipinski definition) is 1. The van der Waals surface area contributed by atoms with E-state index >= 15 is 0 Å². The van der Waals surface area contributed by atoms with Gasteiger partial charge in [-0.1, -0.05) is 6.92 Å². The molecule has 1 aromatic rings. The van der Waals surface area contributed by atoms with Crippen LogP contribution < -0.4 is 10.6 Å². The van der Waals surface area contributed by atoms with Crippen LogP contribution in [0.2, 0.25) is 0 Å². The van der Waals surface area contributed by atoms with E-state index < -0.39 is 0 Å². The van der Waals surface area contributed by atoms with E-state index in [1.165, 1.54) is 32.5 Å². The van der Waals surface area contributed by atoms with Crippen molar-refractivity contribution in [1.82, 2.24) is 14.8 Å². The zero-order chi connectivity index (χ0) is 16.1. The maximum Gasteiger partial charge on any atom is 0.191 e. The lowest BCUT2D eigenvalue weighted by Gasteiger charge is -2.35. The van der Waals surface area contributed by atoms with Crippen molar-refractivity contribution in [3.05, 3.63) is 11.6 Å². The summed E-state index contributed by atoms with van der Waals surface area (Å²) in [5.41, 5.74) is 6.21. The molecule has 6 nitrogen and oxygen atoms in total. The van der Waals surface area contributed by atoms with E-state index in [1.807, 2.05) is 11.6 Å². The maximum absolute atomic E-state index is 6.21. The number of hydrogen-bond acceptors (Lipinski definition) is 5. The third-order valence-electron chi connectivity index (χ3n) is 4.71. The van der Waals surface area contributed by atoms with Crippen LogP contribution in [0.5, 0.6) is 0 Å². The third kappa shape index (κ3) is 4.35. The molecule has 3 heterocycles. The van der Waals surface area contributed by atoms with Gasteiger partial charge in [-0.05, 0) is 31.8 Å². The zero-order valence-corrected chi connectivity index (χ0v) is 14.8. The van der Waals surface area contributed by atoms with Gasteiger partial charge in [0.25, 0.3) is 0 Å². The van der Waals surface area contributed by atoms with Crippen LogP contribution in [0.25, 0.3) is 0 Å². The Kier molecular flexibility index (Phi) is 5.72. The van der Waals surface area contributed by atoms with Gasteiger partial charge in [0.2, 0.25) is 0 Å². The van der Waals surface area contributed by atoms with Crippen LogP contribution in [0.1, 0.15) is 19.8 Å². The summed E-state index contributed by atoms with van der Waals surface area (Å²) in [5.74, 6) is 1.40. The first-order chi connectivity index (χ1) is 11.3. The molecule has 2 saturated heterocycles. The fourth-order valence-electron chi connectivity index (χ4n) is 3.40. The van der Waals surface area contributed by atoms with Crippen LogP contribution >= 0.6 is 11.3 Å². The normalized spacial score (nSPS) is 23.7. The summed E-state index contributed by atoms with van der Waals surface area (Å²) in [6.45, 7) is 10.5. The number of rotatable bonds is 5. The Morgan fingerprint density at radius 2 is 2.17 bits per heavy atom. The van der Waals surface area contributed by atoms with E-state index in [-0.39, 0.29) is 0 Å². The summed E-state index contributed by atoms with van der Waals surface area (Å²) in [4.78, 5) is 16.1. The Labute approximate surface area is 143 Å². The first-order valence-electron chi connectivity index (χ1n) is 8.68. The molecule has 128 valence electrons. The largest absolute Gasteiger partial charge is 0.370 e. The Morgan fingerprint density at radius 1 is 1.35 bits per heavy atom. The molecule has 7 heteroatoms. The Balaban J connectivity index is 1.43. The Bertz CT molecular complexity index is 495. The van der Waals surface area contributed by atoms with E-state index in [1.54, 1.807) is 11.3 Å². The summed E-state index contributed by atoms with van der Waals surface area (Å²) in [7, 11) is 0. The van der Waals surface area contributed by atoms with Crippen LogP contribution in [-0.2, 0) is 0 Å². The molecule has 23 heavy (non-hydrogen) atoms. The lowest BCUT2D eigenvalue weighted by molar-refractivity contribution is 0.325. The van der Waals surface area contributed by atoms with Crippen LogP contribution in [-0.4, -0.2) is 73.1 Å². The van der Waals surface area contributed by atoms with Gasteiger partial charge in [-0.25, -0.2) is 4.98 Å². The lowest BCUT2D eigenvalue weighted by Crippen LogP contribution is -2.51. The molecule has 1 atom stereocenters. The molecule has 0 saturated carbocycles. The number of guanidine groups is 1. The number of thiazole rings is 1. The predicted molar refractivity (Wildman–Crippen MR) is 97.2 cm³/mol. The second-order valence-corrected chi connectivity index (χ2v) is 7.32. The number of anilines is 1. The molecule has 0 bridgehead atoms. The van der Waals surface area contributed by atoms with Crippen molar-refractivity contribution >= 4 is 22.4 Å². The quantitative estimate of drug-likeness (QED) is 0.649. The van der Waals surface area contributed by atoms with Crippen molar-refractivity contribution in [1.29, 1.82) is 0 Å². The van der Waals surface area contributed by atoms with E-state index in [0.29, 0.717) is 5.92 Å². The molecule has 0 aliphatic carbocycles. The zero-order valence-electron chi connectivity index (χ0n) is 14.0. The number of likely N-dealkylation sites (tertiary alicyclic amines) is 1. The topological polar surface area (TPSA) is 61.0 Å². The predicted octanol–water partition coefficient (Wildman–Crippen LogP) is 1.31. The monoisotopic (exact) mass is 336 g/mol. The summed E-state index contributed by atoms with van der Waals surface area (Å²) < 4.78 is 0. The first kappa shape index (κ1) is 16.5. The van der Waals surface area contributed by atoms with Crippen LogP contribution in [0.15, 0.2) is 16.6 Å². The van der Waals surface area contributed by atoms with Gasteiger partial charge < -0.3 is 20.4 Å². The van der Waals surface area contributed by atoms with E-state index in [9.17, 15) is 0 Å². The average Bonchev–Trinajstić information content (AvgIpc) is 3.25. The minimum Gasteiger partial charge on any atom is -0.370 e. The number of nitrogens with zero attached hydrogens (tertiary/aromatic N) is 5. The molecule has 2 aliphatic heterocycles.